The first-order valence-corrected chi connectivity index (χ1v) is 7.98. The van der Waals surface area contributed by atoms with E-state index >= 15 is 0 Å². The Hall–Kier alpha value is -0.980. The number of rotatable bonds is 7. The minimum absolute atomic E-state index is 0.0174. The first kappa shape index (κ1) is 16.1. The quantitative estimate of drug-likeness (QED) is 0.827. The van der Waals surface area contributed by atoms with Crippen molar-refractivity contribution < 1.29 is 8.42 Å². The molecular formula is C13H23N3O2S. The van der Waals surface area contributed by atoms with Gasteiger partial charge in [-0.1, -0.05) is 19.9 Å². The Morgan fingerprint density at radius 1 is 1.32 bits per heavy atom. The lowest BCUT2D eigenvalue weighted by Gasteiger charge is -2.25. The zero-order valence-corrected chi connectivity index (χ0v) is 12.9. The first-order valence-electron chi connectivity index (χ1n) is 6.54. The number of nitrogens with one attached hydrogen (secondary N) is 1. The molecule has 6 heteroatoms. The molecule has 5 nitrogen and oxygen atoms in total. The van der Waals surface area contributed by atoms with Crippen LogP contribution >= 0.6 is 0 Å². The molecule has 0 amide bonds. The number of pyridine rings is 1. The summed E-state index contributed by atoms with van der Waals surface area (Å²) in [4.78, 5) is 4.07. The standard InChI is InChI=1S/C13H23N3O2S/c1-5-12(6-2)16(4)19(17,18)13-8-7-11(9-14-3)10-15-13/h7-8,10,12,14H,5-6,9H2,1-4H3. The summed E-state index contributed by atoms with van der Waals surface area (Å²) < 4.78 is 26.2. The lowest BCUT2D eigenvalue weighted by Crippen LogP contribution is -2.36. The third-order valence-corrected chi connectivity index (χ3v) is 5.11. The van der Waals surface area contributed by atoms with Crippen molar-refractivity contribution >= 4 is 10.0 Å². The van der Waals surface area contributed by atoms with Gasteiger partial charge in [0.2, 0.25) is 0 Å². The van der Waals surface area contributed by atoms with E-state index in [9.17, 15) is 8.42 Å². The van der Waals surface area contributed by atoms with Crippen LogP contribution in [-0.2, 0) is 16.6 Å². The Morgan fingerprint density at radius 3 is 2.37 bits per heavy atom. The summed E-state index contributed by atoms with van der Waals surface area (Å²) >= 11 is 0. The van der Waals surface area contributed by atoms with Crippen LogP contribution in [0.2, 0.25) is 0 Å². The van der Waals surface area contributed by atoms with Gasteiger partial charge in [0.05, 0.1) is 0 Å². The SMILES string of the molecule is CCC(CC)N(C)S(=O)(=O)c1ccc(CNC)cn1. The predicted octanol–water partition coefficient (Wildman–Crippen LogP) is 1.61. The molecule has 1 heterocycles. The summed E-state index contributed by atoms with van der Waals surface area (Å²) in [5.41, 5.74) is 0.964. The van der Waals surface area contributed by atoms with Gasteiger partial charge in [-0.05, 0) is 31.5 Å². The van der Waals surface area contributed by atoms with Crippen LogP contribution in [-0.4, -0.2) is 37.8 Å². The van der Waals surface area contributed by atoms with Gasteiger partial charge < -0.3 is 5.32 Å². The van der Waals surface area contributed by atoms with Crippen molar-refractivity contribution in [2.75, 3.05) is 14.1 Å². The van der Waals surface area contributed by atoms with Crippen LogP contribution in [0.4, 0.5) is 0 Å². The monoisotopic (exact) mass is 285 g/mol. The predicted molar refractivity (Wildman–Crippen MR) is 76.3 cm³/mol. The molecule has 19 heavy (non-hydrogen) atoms. The van der Waals surface area contributed by atoms with E-state index < -0.39 is 10.0 Å². The van der Waals surface area contributed by atoms with Crippen molar-refractivity contribution in [3.05, 3.63) is 23.9 Å². The second-order valence-corrected chi connectivity index (χ2v) is 6.47. The number of aromatic nitrogens is 1. The molecule has 0 aliphatic rings. The fraction of sp³-hybridized carbons (Fsp3) is 0.615. The van der Waals surface area contributed by atoms with E-state index in [1.165, 1.54) is 4.31 Å². The van der Waals surface area contributed by atoms with E-state index in [0.717, 1.165) is 18.4 Å². The Bertz CT molecular complexity index is 481. The smallest absolute Gasteiger partial charge is 0.260 e. The minimum Gasteiger partial charge on any atom is -0.316 e. The van der Waals surface area contributed by atoms with E-state index in [-0.39, 0.29) is 11.1 Å². The average molecular weight is 285 g/mol. The lowest BCUT2D eigenvalue weighted by molar-refractivity contribution is 0.348. The van der Waals surface area contributed by atoms with Crippen LogP contribution in [0.5, 0.6) is 0 Å². The molecule has 108 valence electrons. The summed E-state index contributed by atoms with van der Waals surface area (Å²) in [6.45, 7) is 4.66. The van der Waals surface area contributed by atoms with Gasteiger partial charge in [0.15, 0.2) is 5.03 Å². The van der Waals surface area contributed by atoms with Crippen LogP contribution in [0.3, 0.4) is 0 Å². The molecule has 0 radical (unpaired) electrons. The third kappa shape index (κ3) is 3.75. The Kier molecular flexibility index (Phi) is 5.90. The molecule has 0 bridgehead atoms. The zero-order chi connectivity index (χ0) is 14.5. The van der Waals surface area contributed by atoms with Crippen molar-refractivity contribution in [1.82, 2.24) is 14.6 Å². The van der Waals surface area contributed by atoms with Crippen LogP contribution < -0.4 is 5.32 Å². The minimum atomic E-state index is -3.49. The van der Waals surface area contributed by atoms with Crippen LogP contribution in [0.15, 0.2) is 23.4 Å². The Morgan fingerprint density at radius 2 is 1.95 bits per heavy atom. The molecule has 1 aromatic rings. The highest BCUT2D eigenvalue weighted by molar-refractivity contribution is 7.89. The Balaban J connectivity index is 2.99. The molecule has 0 aliphatic heterocycles. The number of hydrogen-bond donors (Lipinski definition) is 1. The average Bonchev–Trinajstić information content (AvgIpc) is 2.41. The topological polar surface area (TPSA) is 62.3 Å². The largest absolute Gasteiger partial charge is 0.316 e. The number of nitrogens with zero attached hydrogens (tertiary/aromatic N) is 2. The van der Waals surface area contributed by atoms with Gasteiger partial charge in [-0.3, -0.25) is 0 Å². The molecule has 0 saturated heterocycles. The zero-order valence-electron chi connectivity index (χ0n) is 12.0. The van der Waals surface area contributed by atoms with Crippen molar-refractivity contribution in [2.45, 2.75) is 44.3 Å². The molecule has 0 aliphatic carbocycles. The van der Waals surface area contributed by atoms with E-state index in [2.05, 4.69) is 10.3 Å². The van der Waals surface area contributed by atoms with E-state index in [4.69, 9.17) is 0 Å². The molecular weight excluding hydrogens is 262 g/mol. The van der Waals surface area contributed by atoms with Crippen LogP contribution in [0.1, 0.15) is 32.3 Å². The van der Waals surface area contributed by atoms with Crippen molar-refractivity contribution in [3.63, 3.8) is 0 Å². The van der Waals surface area contributed by atoms with Gasteiger partial charge in [0, 0.05) is 25.8 Å². The second kappa shape index (κ2) is 6.98. The molecule has 0 saturated carbocycles. The van der Waals surface area contributed by atoms with E-state index in [0.29, 0.717) is 6.54 Å². The van der Waals surface area contributed by atoms with Crippen molar-refractivity contribution in [1.29, 1.82) is 0 Å². The van der Waals surface area contributed by atoms with Gasteiger partial charge in [-0.2, -0.15) is 4.31 Å². The van der Waals surface area contributed by atoms with Crippen LogP contribution in [0.25, 0.3) is 0 Å². The summed E-state index contributed by atoms with van der Waals surface area (Å²) in [6, 6.07) is 3.38. The molecule has 0 fully saturated rings. The molecule has 1 rings (SSSR count). The van der Waals surface area contributed by atoms with Gasteiger partial charge >= 0.3 is 0 Å². The molecule has 1 aromatic heterocycles. The van der Waals surface area contributed by atoms with Crippen molar-refractivity contribution in [2.24, 2.45) is 0 Å². The number of sulfonamides is 1. The highest BCUT2D eigenvalue weighted by Gasteiger charge is 2.26. The summed E-state index contributed by atoms with van der Waals surface area (Å²) in [5, 5.41) is 3.11. The molecule has 0 unspecified atom stereocenters. The van der Waals surface area contributed by atoms with E-state index in [1.54, 1.807) is 25.4 Å². The normalized spacial score (nSPS) is 12.3. The maximum atomic E-state index is 12.4. The van der Waals surface area contributed by atoms with E-state index in [1.807, 2.05) is 20.9 Å². The molecule has 1 N–H and O–H groups in total. The Labute approximate surface area is 116 Å². The summed E-state index contributed by atoms with van der Waals surface area (Å²) in [7, 11) is -0.0323. The second-order valence-electron chi connectivity index (χ2n) is 4.53. The van der Waals surface area contributed by atoms with Crippen LogP contribution in [0, 0.1) is 0 Å². The van der Waals surface area contributed by atoms with Gasteiger partial charge in [-0.25, -0.2) is 13.4 Å². The fourth-order valence-corrected chi connectivity index (χ4v) is 3.43. The molecule has 0 spiro atoms. The van der Waals surface area contributed by atoms with Gasteiger partial charge in [0.1, 0.15) is 0 Å². The maximum Gasteiger partial charge on any atom is 0.260 e. The lowest BCUT2D eigenvalue weighted by atomic mass is 10.2. The fourth-order valence-electron chi connectivity index (χ4n) is 2.02. The highest BCUT2D eigenvalue weighted by Crippen LogP contribution is 2.18. The maximum absolute atomic E-state index is 12.4. The highest BCUT2D eigenvalue weighted by atomic mass is 32.2. The van der Waals surface area contributed by atoms with Gasteiger partial charge in [-0.15, -0.1) is 0 Å². The third-order valence-electron chi connectivity index (χ3n) is 3.28. The molecule has 0 atom stereocenters. The summed E-state index contributed by atoms with van der Waals surface area (Å²) in [5.74, 6) is 0. The molecule has 0 aromatic carbocycles. The van der Waals surface area contributed by atoms with Gasteiger partial charge in [0.25, 0.3) is 10.0 Å². The van der Waals surface area contributed by atoms with Crippen molar-refractivity contribution in [3.8, 4) is 0 Å². The summed E-state index contributed by atoms with van der Waals surface area (Å²) in [6.07, 6.45) is 3.19. The number of hydrogen-bond acceptors (Lipinski definition) is 4. The first-order chi connectivity index (χ1) is 8.97.